The third kappa shape index (κ3) is 6.52. The number of carbonyl (C=O) groups is 3. The zero-order valence-electron chi connectivity index (χ0n) is 13.6. The van der Waals surface area contributed by atoms with Crippen LogP contribution in [-0.4, -0.2) is 24.4 Å². The Morgan fingerprint density at radius 1 is 0.923 bits per heavy atom. The molecule has 8 heteroatoms. The molecular weight excluding hydrogens is 363 g/mol. The molecular formula is C18H16ClFN2O4. The Hall–Kier alpha value is -2.93. The molecule has 0 aromatic heterocycles. The van der Waals surface area contributed by atoms with E-state index in [0.717, 1.165) is 0 Å². The van der Waals surface area contributed by atoms with Gasteiger partial charge in [-0.2, -0.15) is 0 Å². The number of nitrogens with one attached hydrogen (secondary N) is 2. The number of halogens is 2. The molecule has 26 heavy (non-hydrogen) atoms. The number of esters is 1. The summed E-state index contributed by atoms with van der Waals surface area (Å²) in [5, 5.41) is 5.42. The molecule has 0 aliphatic carbocycles. The first-order chi connectivity index (χ1) is 12.4. The summed E-state index contributed by atoms with van der Waals surface area (Å²) in [4.78, 5) is 35.0. The van der Waals surface area contributed by atoms with Gasteiger partial charge in [0.15, 0.2) is 6.61 Å². The number of ether oxygens (including phenoxy) is 1. The molecule has 2 N–H and O–H groups in total. The van der Waals surface area contributed by atoms with E-state index < -0.39 is 30.2 Å². The second kappa shape index (κ2) is 9.53. The molecule has 0 aliphatic rings. The standard InChI is InChI=1S/C18H16ClFN2O4/c19-14-3-1-2-4-15(14)22-16(23)9-10-18(25)26-11-17(24)21-13-7-5-12(20)6-8-13/h1-8H,9-11H2,(H,21,24)(H,22,23). The number of hydrogen-bond acceptors (Lipinski definition) is 4. The molecule has 0 saturated carbocycles. The van der Waals surface area contributed by atoms with Crippen molar-refractivity contribution in [2.75, 3.05) is 17.2 Å². The van der Waals surface area contributed by atoms with E-state index in [1.165, 1.54) is 24.3 Å². The van der Waals surface area contributed by atoms with E-state index in [1.807, 2.05) is 0 Å². The van der Waals surface area contributed by atoms with Crippen LogP contribution in [0.25, 0.3) is 0 Å². The van der Waals surface area contributed by atoms with Crippen LogP contribution in [0.2, 0.25) is 5.02 Å². The fourth-order valence-electron chi connectivity index (χ4n) is 1.94. The van der Waals surface area contributed by atoms with Gasteiger partial charge in [0, 0.05) is 12.1 Å². The Morgan fingerprint density at radius 2 is 1.62 bits per heavy atom. The van der Waals surface area contributed by atoms with Crippen molar-refractivity contribution in [2.24, 2.45) is 0 Å². The van der Waals surface area contributed by atoms with Crippen molar-refractivity contribution in [3.63, 3.8) is 0 Å². The predicted molar refractivity (Wildman–Crippen MR) is 95.3 cm³/mol. The van der Waals surface area contributed by atoms with E-state index in [4.69, 9.17) is 16.3 Å². The number of benzene rings is 2. The summed E-state index contributed by atoms with van der Waals surface area (Å²) in [6, 6.07) is 11.9. The maximum absolute atomic E-state index is 12.8. The highest BCUT2D eigenvalue weighted by molar-refractivity contribution is 6.33. The SMILES string of the molecule is O=C(COC(=O)CCC(=O)Nc1ccccc1Cl)Nc1ccc(F)cc1. The quantitative estimate of drug-likeness (QED) is 0.723. The van der Waals surface area contributed by atoms with Crippen LogP contribution in [0.3, 0.4) is 0 Å². The van der Waals surface area contributed by atoms with Gasteiger partial charge < -0.3 is 15.4 Å². The van der Waals surface area contributed by atoms with Crippen molar-refractivity contribution in [2.45, 2.75) is 12.8 Å². The van der Waals surface area contributed by atoms with Gasteiger partial charge in [-0.1, -0.05) is 23.7 Å². The van der Waals surface area contributed by atoms with Gasteiger partial charge in [0.1, 0.15) is 5.82 Å². The predicted octanol–water partition coefficient (Wildman–Crippen LogP) is 3.38. The summed E-state index contributed by atoms with van der Waals surface area (Å²) in [6.45, 7) is -0.498. The number of carbonyl (C=O) groups excluding carboxylic acids is 3. The molecule has 0 saturated heterocycles. The molecule has 0 radical (unpaired) electrons. The molecule has 2 aromatic carbocycles. The Bertz CT molecular complexity index is 796. The van der Waals surface area contributed by atoms with Crippen LogP contribution in [0.15, 0.2) is 48.5 Å². The smallest absolute Gasteiger partial charge is 0.306 e. The Labute approximate surface area is 154 Å². The summed E-state index contributed by atoms with van der Waals surface area (Å²) in [7, 11) is 0. The first-order valence-electron chi connectivity index (χ1n) is 7.69. The average molecular weight is 379 g/mol. The van der Waals surface area contributed by atoms with Crippen LogP contribution in [0.4, 0.5) is 15.8 Å². The van der Waals surface area contributed by atoms with Crippen molar-refractivity contribution in [1.29, 1.82) is 0 Å². The Balaban J connectivity index is 1.68. The molecule has 0 bridgehead atoms. The summed E-state index contributed by atoms with van der Waals surface area (Å²) >= 11 is 5.92. The summed E-state index contributed by atoms with van der Waals surface area (Å²) in [6.07, 6.45) is -0.288. The summed E-state index contributed by atoms with van der Waals surface area (Å²) < 4.78 is 17.6. The van der Waals surface area contributed by atoms with Crippen molar-refractivity contribution >= 4 is 40.8 Å². The van der Waals surface area contributed by atoms with E-state index >= 15 is 0 Å². The van der Waals surface area contributed by atoms with Crippen LogP contribution >= 0.6 is 11.6 Å². The first-order valence-corrected chi connectivity index (χ1v) is 8.07. The molecule has 6 nitrogen and oxygen atoms in total. The van der Waals surface area contributed by atoms with Crippen LogP contribution in [0.5, 0.6) is 0 Å². The highest BCUT2D eigenvalue weighted by Crippen LogP contribution is 2.20. The number of anilines is 2. The van der Waals surface area contributed by atoms with Gasteiger partial charge in [0.05, 0.1) is 17.1 Å². The third-order valence-corrected chi connectivity index (χ3v) is 3.53. The lowest BCUT2D eigenvalue weighted by molar-refractivity contribution is -0.147. The lowest BCUT2D eigenvalue weighted by Crippen LogP contribution is -2.21. The number of rotatable bonds is 7. The lowest BCUT2D eigenvalue weighted by Gasteiger charge is -2.08. The van der Waals surface area contributed by atoms with Crippen molar-refractivity contribution < 1.29 is 23.5 Å². The van der Waals surface area contributed by atoms with Crippen molar-refractivity contribution in [3.8, 4) is 0 Å². The summed E-state index contributed by atoms with van der Waals surface area (Å²) in [5.41, 5.74) is 0.831. The molecule has 2 amide bonds. The largest absolute Gasteiger partial charge is 0.456 e. The van der Waals surface area contributed by atoms with E-state index in [0.29, 0.717) is 16.4 Å². The van der Waals surface area contributed by atoms with E-state index in [9.17, 15) is 18.8 Å². The van der Waals surface area contributed by atoms with Gasteiger partial charge in [-0.3, -0.25) is 14.4 Å². The fraction of sp³-hybridized carbons (Fsp3) is 0.167. The lowest BCUT2D eigenvalue weighted by atomic mass is 10.2. The molecule has 0 unspecified atom stereocenters. The van der Waals surface area contributed by atoms with Gasteiger partial charge >= 0.3 is 5.97 Å². The van der Waals surface area contributed by atoms with Crippen LogP contribution < -0.4 is 10.6 Å². The van der Waals surface area contributed by atoms with Crippen LogP contribution in [0, 0.1) is 5.82 Å². The topological polar surface area (TPSA) is 84.5 Å². The minimum absolute atomic E-state index is 0.108. The number of amides is 2. The first kappa shape index (κ1) is 19.4. The number of hydrogen-bond donors (Lipinski definition) is 2. The molecule has 0 spiro atoms. The van der Waals surface area contributed by atoms with Crippen LogP contribution in [-0.2, 0) is 19.1 Å². The van der Waals surface area contributed by atoms with Gasteiger partial charge in [-0.25, -0.2) is 4.39 Å². The zero-order chi connectivity index (χ0) is 18.9. The maximum Gasteiger partial charge on any atom is 0.306 e. The molecule has 0 aliphatic heterocycles. The van der Waals surface area contributed by atoms with E-state index in [-0.39, 0.29) is 12.8 Å². The molecule has 0 atom stereocenters. The number of para-hydroxylation sites is 1. The van der Waals surface area contributed by atoms with E-state index in [1.54, 1.807) is 24.3 Å². The highest BCUT2D eigenvalue weighted by atomic mass is 35.5. The normalized spacial score (nSPS) is 10.1. The van der Waals surface area contributed by atoms with Gasteiger partial charge in [-0.15, -0.1) is 0 Å². The minimum Gasteiger partial charge on any atom is -0.456 e. The average Bonchev–Trinajstić information content (AvgIpc) is 2.62. The highest BCUT2D eigenvalue weighted by Gasteiger charge is 2.11. The molecule has 0 heterocycles. The third-order valence-electron chi connectivity index (χ3n) is 3.20. The second-order valence-electron chi connectivity index (χ2n) is 5.24. The Kier molecular flexibility index (Phi) is 7.11. The summed E-state index contributed by atoms with van der Waals surface area (Å²) in [5.74, 6) is -2.07. The van der Waals surface area contributed by atoms with Crippen LogP contribution in [0.1, 0.15) is 12.8 Å². The van der Waals surface area contributed by atoms with Gasteiger partial charge in [0.25, 0.3) is 5.91 Å². The van der Waals surface area contributed by atoms with Crippen molar-refractivity contribution in [1.82, 2.24) is 0 Å². The maximum atomic E-state index is 12.8. The molecule has 0 fully saturated rings. The molecule has 136 valence electrons. The van der Waals surface area contributed by atoms with E-state index in [2.05, 4.69) is 10.6 Å². The fourth-order valence-corrected chi connectivity index (χ4v) is 2.12. The molecule has 2 rings (SSSR count). The van der Waals surface area contributed by atoms with Gasteiger partial charge in [0.2, 0.25) is 5.91 Å². The minimum atomic E-state index is -0.687. The van der Waals surface area contributed by atoms with Crippen molar-refractivity contribution in [3.05, 3.63) is 59.4 Å². The molecule has 2 aromatic rings. The zero-order valence-corrected chi connectivity index (χ0v) is 14.4. The second-order valence-corrected chi connectivity index (χ2v) is 5.65. The van der Waals surface area contributed by atoms with Gasteiger partial charge in [-0.05, 0) is 36.4 Å². The monoisotopic (exact) mass is 378 g/mol. The Morgan fingerprint density at radius 3 is 2.31 bits per heavy atom.